The van der Waals surface area contributed by atoms with Gasteiger partial charge in [0.25, 0.3) is 0 Å². The highest BCUT2D eigenvalue weighted by Gasteiger charge is 2.22. The summed E-state index contributed by atoms with van der Waals surface area (Å²) in [4.78, 5) is 13.5. The van der Waals surface area contributed by atoms with E-state index in [1.165, 1.54) is 0 Å². The molecule has 2 atom stereocenters. The SMILES string of the molecule is CC(=O)c1ccc(N2C[C@@H](C)O[C@H](C)C2)cc1. The molecule has 1 heterocycles. The summed E-state index contributed by atoms with van der Waals surface area (Å²) in [6.07, 6.45) is 0.512. The molecule has 3 nitrogen and oxygen atoms in total. The summed E-state index contributed by atoms with van der Waals surface area (Å²) in [6, 6.07) is 7.81. The lowest BCUT2D eigenvalue weighted by Crippen LogP contribution is -2.45. The van der Waals surface area contributed by atoms with Crippen molar-refractivity contribution in [3.8, 4) is 0 Å². The number of ketones is 1. The van der Waals surface area contributed by atoms with Crippen molar-refractivity contribution in [1.82, 2.24) is 0 Å². The molecule has 0 aromatic heterocycles. The van der Waals surface area contributed by atoms with Gasteiger partial charge in [-0.3, -0.25) is 4.79 Å². The number of anilines is 1. The Morgan fingerprint density at radius 2 is 1.71 bits per heavy atom. The van der Waals surface area contributed by atoms with E-state index in [2.05, 4.69) is 18.7 Å². The zero-order valence-corrected chi connectivity index (χ0v) is 10.6. The van der Waals surface area contributed by atoms with Gasteiger partial charge in [0.15, 0.2) is 5.78 Å². The van der Waals surface area contributed by atoms with Crippen LogP contribution in [0.15, 0.2) is 24.3 Å². The van der Waals surface area contributed by atoms with Crippen LogP contribution in [0.1, 0.15) is 31.1 Å². The predicted molar refractivity (Wildman–Crippen MR) is 68.7 cm³/mol. The number of ether oxygens (including phenoxy) is 1. The molecule has 0 bridgehead atoms. The third-order valence-electron chi connectivity index (χ3n) is 3.06. The van der Waals surface area contributed by atoms with Crippen molar-refractivity contribution in [2.75, 3.05) is 18.0 Å². The monoisotopic (exact) mass is 233 g/mol. The maximum absolute atomic E-state index is 11.2. The maximum atomic E-state index is 11.2. The fourth-order valence-electron chi connectivity index (χ4n) is 2.30. The number of hydrogen-bond donors (Lipinski definition) is 0. The molecule has 3 heteroatoms. The van der Waals surface area contributed by atoms with E-state index in [9.17, 15) is 4.79 Å². The van der Waals surface area contributed by atoms with Gasteiger partial charge in [-0.2, -0.15) is 0 Å². The van der Waals surface area contributed by atoms with Gasteiger partial charge in [-0.25, -0.2) is 0 Å². The average molecular weight is 233 g/mol. The van der Waals surface area contributed by atoms with Crippen LogP contribution in [-0.4, -0.2) is 31.1 Å². The number of hydrogen-bond acceptors (Lipinski definition) is 3. The minimum absolute atomic E-state index is 0.111. The van der Waals surface area contributed by atoms with E-state index in [0.717, 1.165) is 24.3 Å². The van der Waals surface area contributed by atoms with Gasteiger partial charge in [0.2, 0.25) is 0 Å². The van der Waals surface area contributed by atoms with Gasteiger partial charge in [-0.05, 0) is 45.0 Å². The van der Waals surface area contributed by atoms with Gasteiger partial charge in [0.1, 0.15) is 0 Å². The molecule has 1 saturated heterocycles. The number of nitrogens with zero attached hydrogens (tertiary/aromatic N) is 1. The van der Waals surface area contributed by atoms with Crippen molar-refractivity contribution in [3.05, 3.63) is 29.8 Å². The fourth-order valence-corrected chi connectivity index (χ4v) is 2.30. The molecule has 0 saturated carbocycles. The van der Waals surface area contributed by atoms with Crippen molar-refractivity contribution in [1.29, 1.82) is 0 Å². The Morgan fingerprint density at radius 3 is 2.18 bits per heavy atom. The van der Waals surface area contributed by atoms with Crippen LogP contribution >= 0.6 is 0 Å². The largest absolute Gasteiger partial charge is 0.372 e. The summed E-state index contributed by atoms with van der Waals surface area (Å²) in [6.45, 7) is 7.58. The van der Waals surface area contributed by atoms with Crippen LogP contribution in [0, 0.1) is 0 Å². The molecular weight excluding hydrogens is 214 g/mol. The quantitative estimate of drug-likeness (QED) is 0.735. The van der Waals surface area contributed by atoms with Crippen molar-refractivity contribution < 1.29 is 9.53 Å². The topological polar surface area (TPSA) is 29.5 Å². The molecule has 0 radical (unpaired) electrons. The number of rotatable bonds is 2. The third kappa shape index (κ3) is 2.86. The summed E-state index contributed by atoms with van der Waals surface area (Å²) in [5, 5.41) is 0. The molecule has 0 N–H and O–H groups in total. The van der Waals surface area contributed by atoms with Crippen molar-refractivity contribution in [3.63, 3.8) is 0 Å². The molecule has 1 aliphatic rings. The van der Waals surface area contributed by atoms with Crippen LogP contribution < -0.4 is 4.90 Å². The summed E-state index contributed by atoms with van der Waals surface area (Å²) in [7, 11) is 0. The van der Waals surface area contributed by atoms with Crippen LogP contribution in [-0.2, 0) is 4.74 Å². The Morgan fingerprint density at radius 1 is 1.18 bits per heavy atom. The molecule has 0 unspecified atom stereocenters. The van der Waals surface area contributed by atoms with Gasteiger partial charge < -0.3 is 9.64 Å². The number of Topliss-reactive ketones (excluding diaryl/α,β-unsaturated/α-hetero) is 1. The minimum atomic E-state index is 0.111. The Bertz CT molecular complexity index is 389. The van der Waals surface area contributed by atoms with Crippen LogP contribution in [0.5, 0.6) is 0 Å². The summed E-state index contributed by atoms with van der Waals surface area (Å²) >= 11 is 0. The smallest absolute Gasteiger partial charge is 0.159 e. The maximum Gasteiger partial charge on any atom is 0.159 e. The van der Waals surface area contributed by atoms with Crippen LogP contribution in [0.3, 0.4) is 0 Å². The molecule has 1 aromatic rings. The Kier molecular flexibility index (Phi) is 3.48. The van der Waals surface area contributed by atoms with E-state index >= 15 is 0 Å². The Hall–Kier alpha value is -1.35. The van der Waals surface area contributed by atoms with E-state index < -0.39 is 0 Å². The van der Waals surface area contributed by atoms with E-state index in [-0.39, 0.29) is 18.0 Å². The van der Waals surface area contributed by atoms with E-state index in [1.54, 1.807) is 6.92 Å². The van der Waals surface area contributed by atoms with E-state index in [4.69, 9.17) is 4.74 Å². The number of carbonyl (C=O) groups excluding carboxylic acids is 1. The molecule has 2 rings (SSSR count). The first-order valence-electron chi connectivity index (χ1n) is 6.07. The van der Waals surface area contributed by atoms with Crippen molar-refractivity contribution >= 4 is 11.5 Å². The lowest BCUT2D eigenvalue weighted by Gasteiger charge is -2.36. The first-order chi connectivity index (χ1) is 8.06. The van der Waals surface area contributed by atoms with Crippen LogP contribution in [0.4, 0.5) is 5.69 Å². The highest BCUT2D eigenvalue weighted by molar-refractivity contribution is 5.94. The second kappa shape index (κ2) is 4.88. The zero-order chi connectivity index (χ0) is 12.4. The lowest BCUT2D eigenvalue weighted by molar-refractivity contribution is -0.00522. The number of morpholine rings is 1. The second-order valence-corrected chi connectivity index (χ2v) is 4.77. The highest BCUT2D eigenvalue weighted by atomic mass is 16.5. The van der Waals surface area contributed by atoms with Gasteiger partial charge in [-0.15, -0.1) is 0 Å². The lowest BCUT2D eigenvalue weighted by atomic mass is 10.1. The van der Waals surface area contributed by atoms with E-state index in [0.29, 0.717) is 0 Å². The van der Waals surface area contributed by atoms with Crippen molar-refractivity contribution in [2.24, 2.45) is 0 Å². The van der Waals surface area contributed by atoms with Crippen LogP contribution in [0.2, 0.25) is 0 Å². The Labute approximate surface area is 102 Å². The standard InChI is InChI=1S/C14H19NO2/c1-10-8-15(9-11(2)17-10)14-6-4-13(5-7-14)12(3)16/h4-7,10-11H,8-9H2,1-3H3/t10-,11-/m1/s1. The predicted octanol–water partition coefficient (Wildman–Crippen LogP) is 2.50. The molecule has 17 heavy (non-hydrogen) atoms. The average Bonchev–Trinajstić information content (AvgIpc) is 2.28. The normalized spacial score (nSPS) is 24.8. The summed E-state index contributed by atoms with van der Waals surface area (Å²) < 4.78 is 5.70. The van der Waals surface area contributed by atoms with Gasteiger partial charge in [-0.1, -0.05) is 0 Å². The molecule has 0 amide bonds. The molecular formula is C14H19NO2. The highest BCUT2D eigenvalue weighted by Crippen LogP contribution is 2.20. The van der Waals surface area contributed by atoms with Gasteiger partial charge in [0.05, 0.1) is 12.2 Å². The number of benzene rings is 1. The molecule has 1 fully saturated rings. The fraction of sp³-hybridized carbons (Fsp3) is 0.500. The van der Waals surface area contributed by atoms with Crippen molar-refractivity contribution in [2.45, 2.75) is 33.0 Å². The Balaban J connectivity index is 2.14. The minimum Gasteiger partial charge on any atom is -0.372 e. The summed E-state index contributed by atoms with van der Waals surface area (Å²) in [5.41, 5.74) is 1.93. The molecule has 1 aromatic carbocycles. The number of carbonyl (C=O) groups is 1. The summed E-state index contributed by atoms with van der Waals surface area (Å²) in [5.74, 6) is 0.111. The van der Waals surface area contributed by atoms with Gasteiger partial charge >= 0.3 is 0 Å². The first kappa shape index (κ1) is 12.1. The zero-order valence-electron chi connectivity index (χ0n) is 10.6. The second-order valence-electron chi connectivity index (χ2n) is 4.77. The third-order valence-corrected chi connectivity index (χ3v) is 3.06. The van der Waals surface area contributed by atoms with E-state index in [1.807, 2.05) is 24.3 Å². The van der Waals surface area contributed by atoms with Gasteiger partial charge in [0, 0.05) is 24.3 Å². The first-order valence-corrected chi connectivity index (χ1v) is 6.07. The van der Waals surface area contributed by atoms with Crippen LogP contribution in [0.25, 0.3) is 0 Å². The molecule has 0 aliphatic carbocycles. The molecule has 0 spiro atoms. The molecule has 1 aliphatic heterocycles. The molecule has 92 valence electrons.